The van der Waals surface area contributed by atoms with Gasteiger partial charge in [-0.15, -0.1) is 0 Å². The molecule has 1 saturated heterocycles. The third-order valence-corrected chi connectivity index (χ3v) is 5.14. The first-order valence-corrected chi connectivity index (χ1v) is 9.00. The summed E-state index contributed by atoms with van der Waals surface area (Å²) in [6, 6.07) is 0. The van der Waals surface area contributed by atoms with Crippen LogP contribution in [0.15, 0.2) is 0 Å². The molecule has 0 radical (unpaired) electrons. The average Bonchev–Trinajstić information content (AvgIpc) is 2.54. The third-order valence-electron chi connectivity index (χ3n) is 5.14. The van der Waals surface area contributed by atoms with Crippen LogP contribution in [-0.2, 0) is 4.79 Å². The molecule has 0 spiro atoms. The summed E-state index contributed by atoms with van der Waals surface area (Å²) in [6.45, 7) is 5.86. The Labute approximate surface area is 130 Å². The molecule has 2 N–H and O–H groups in total. The third kappa shape index (κ3) is 5.95. The summed E-state index contributed by atoms with van der Waals surface area (Å²) >= 11 is 0. The maximum Gasteiger partial charge on any atom is 0.222 e. The molecule has 2 fully saturated rings. The van der Waals surface area contributed by atoms with Gasteiger partial charge < -0.3 is 10.6 Å². The van der Waals surface area contributed by atoms with Crippen LogP contribution >= 0.6 is 0 Å². The summed E-state index contributed by atoms with van der Waals surface area (Å²) < 4.78 is 0. The number of hydrogen-bond acceptors (Lipinski definition) is 3. The number of amides is 1. The van der Waals surface area contributed by atoms with E-state index in [4.69, 9.17) is 5.73 Å². The lowest BCUT2D eigenvalue weighted by molar-refractivity contribution is -0.133. The maximum atomic E-state index is 12.3. The van der Waals surface area contributed by atoms with Crippen molar-refractivity contribution in [3.63, 3.8) is 0 Å². The molecule has 0 unspecified atom stereocenters. The highest BCUT2D eigenvalue weighted by Crippen LogP contribution is 2.27. The molecule has 1 aliphatic carbocycles. The van der Waals surface area contributed by atoms with Crippen molar-refractivity contribution in [2.24, 2.45) is 11.7 Å². The van der Waals surface area contributed by atoms with Gasteiger partial charge in [-0.05, 0) is 38.3 Å². The van der Waals surface area contributed by atoms with Gasteiger partial charge in [0.2, 0.25) is 5.91 Å². The van der Waals surface area contributed by atoms with Crippen molar-refractivity contribution in [1.82, 2.24) is 9.80 Å². The predicted molar refractivity (Wildman–Crippen MR) is 87.1 cm³/mol. The Balaban J connectivity index is 1.59. The average molecular weight is 295 g/mol. The minimum Gasteiger partial charge on any atom is -0.340 e. The van der Waals surface area contributed by atoms with Gasteiger partial charge in [-0.2, -0.15) is 0 Å². The lowest BCUT2D eigenvalue weighted by Crippen LogP contribution is -2.48. The van der Waals surface area contributed by atoms with Gasteiger partial charge in [-0.25, -0.2) is 0 Å². The summed E-state index contributed by atoms with van der Waals surface area (Å²) in [5.41, 5.74) is 5.53. The van der Waals surface area contributed by atoms with Crippen LogP contribution in [-0.4, -0.2) is 55.0 Å². The molecule has 4 nitrogen and oxygen atoms in total. The number of unbranched alkanes of at least 4 members (excludes halogenated alkanes) is 1. The molecular weight excluding hydrogens is 262 g/mol. The number of hydrogen-bond donors (Lipinski definition) is 1. The fourth-order valence-electron chi connectivity index (χ4n) is 3.66. The van der Waals surface area contributed by atoms with Crippen molar-refractivity contribution in [3.8, 4) is 0 Å². The molecule has 0 aromatic heterocycles. The van der Waals surface area contributed by atoms with Gasteiger partial charge in [0, 0.05) is 32.6 Å². The first-order chi connectivity index (χ1) is 10.3. The van der Waals surface area contributed by atoms with E-state index in [-0.39, 0.29) is 0 Å². The van der Waals surface area contributed by atoms with Crippen molar-refractivity contribution in [3.05, 3.63) is 0 Å². The second-order valence-electron chi connectivity index (χ2n) is 6.76. The molecule has 21 heavy (non-hydrogen) atoms. The van der Waals surface area contributed by atoms with E-state index in [0.717, 1.165) is 64.4 Å². The van der Waals surface area contributed by atoms with Gasteiger partial charge >= 0.3 is 0 Å². The van der Waals surface area contributed by atoms with Gasteiger partial charge in [-0.3, -0.25) is 9.69 Å². The van der Waals surface area contributed by atoms with E-state index in [9.17, 15) is 4.79 Å². The minimum atomic E-state index is 0.391. The maximum absolute atomic E-state index is 12.3. The lowest BCUT2D eigenvalue weighted by Gasteiger charge is -2.35. The quantitative estimate of drug-likeness (QED) is 0.733. The molecule has 4 heteroatoms. The van der Waals surface area contributed by atoms with Crippen molar-refractivity contribution >= 4 is 5.91 Å². The zero-order valence-electron chi connectivity index (χ0n) is 13.6. The smallest absolute Gasteiger partial charge is 0.222 e. The molecule has 0 atom stereocenters. The number of rotatable bonds is 7. The standard InChI is InChI=1S/C17H33N3O/c18-10-4-5-11-19-12-14-20(15-13-19)17(21)9-8-16-6-2-1-3-7-16/h16H,1-15,18H2. The van der Waals surface area contributed by atoms with Crippen LogP contribution in [0.25, 0.3) is 0 Å². The van der Waals surface area contributed by atoms with Crippen molar-refractivity contribution in [2.45, 2.75) is 57.8 Å². The van der Waals surface area contributed by atoms with Gasteiger partial charge in [0.15, 0.2) is 0 Å². The highest BCUT2D eigenvalue weighted by Gasteiger charge is 2.22. The molecule has 122 valence electrons. The highest BCUT2D eigenvalue weighted by molar-refractivity contribution is 5.76. The fourth-order valence-corrected chi connectivity index (χ4v) is 3.66. The van der Waals surface area contributed by atoms with E-state index in [1.54, 1.807) is 0 Å². The Kier molecular flexibility index (Phi) is 7.51. The second kappa shape index (κ2) is 9.42. The molecule has 2 rings (SSSR count). The van der Waals surface area contributed by atoms with Crippen LogP contribution in [0.5, 0.6) is 0 Å². The second-order valence-corrected chi connectivity index (χ2v) is 6.76. The first kappa shape index (κ1) is 16.8. The predicted octanol–water partition coefficient (Wildman–Crippen LogP) is 2.23. The topological polar surface area (TPSA) is 49.6 Å². The molecule has 0 bridgehead atoms. The Morgan fingerprint density at radius 1 is 1.00 bits per heavy atom. The molecule has 1 saturated carbocycles. The van der Waals surface area contributed by atoms with Gasteiger partial charge in [0.25, 0.3) is 0 Å². The molecular formula is C17H33N3O. The zero-order valence-corrected chi connectivity index (χ0v) is 13.6. The molecule has 1 aliphatic heterocycles. The summed E-state index contributed by atoms with van der Waals surface area (Å²) in [5, 5.41) is 0. The Hall–Kier alpha value is -0.610. The number of piperazine rings is 1. The number of nitrogens with two attached hydrogens (primary N) is 1. The molecule has 1 amide bonds. The number of nitrogens with zero attached hydrogens (tertiary/aromatic N) is 2. The minimum absolute atomic E-state index is 0.391. The fraction of sp³-hybridized carbons (Fsp3) is 0.941. The van der Waals surface area contributed by atoms with Crippen molar-refractivity contribution in [1.29, 1.82) is 0 Å². The zero-order chi connectivity index (χ0) is 14.9. The lowest BCUT2D eigenvalue weighted by atomic mass is 9.86. The van der Waals surface area contributed by atoms with Crippen LogP contribution in [0.2, 0.25) is 0 Å². The Bertz CT molecular complexity index is 294. The highest BCUT2D eigenvalue weighted by atomic mass is 16.2. The van der Waals surface area contributed by atoms with E-state index >= 15 is 0 Å². The van der Waals surface area contributed by atoms with Crippen molar-refractivity contribution < 1.29 is 4.79 Å². The van der Waals surface area contributed by atoms with Crippen LogP contribution in [0, 0.1) is 5.92 Å². The van der Waals surface area contributed by atoms with E-state index in [0.29, 0.717) is 5.91 Å². The molecule has 0 aromatic rings. The normalized spacial score (nSPS) is 21.7. The SMILES string of the molecule is NCCCCN1CCN(C(=O)CCC2CCCCC2)CC1. The van der Waals surface area contributed by atoms with Gasteiger partial charge in [0.1, 0.15) is 0 Å². The summed E-state index contributed by atoms with van der Waals surface area (Å²) in [6.07, 6.45) is 11.0. The summed E-state index contributed by atoms with van der Waals surface area (Å²) in [5.74, 6) is 1.21. The van der Waals surface area contributed by atoms with E-state index in [1.807, 2.05) is 0 Å². The Morgan fingerprint density at radius 2 is 1.71 bits per heavy atom. The van der Waals surface area contributed by atoms with E-state index < -0.39 is 0 Å². The van der Waals surface area contributed by atoms with E-state index in [2.05, 4.69) is 9.80 Å². The van der Waals surface area contributed by atoms with Crippen LogP contribution in [0.1, 0.15) is 57.8 Å². The molecule has 0 aromatic carbocycles. The number of carbonyl (C=O) groups excluding carboxylic acids is 1. The summed E-state index contributed by atoms with van der Waals surface area (Å²) in [4.78, 5) is 16.9. The molecule has 1 heterocycles. The van der Waals surface area contributed by atoms with Gasteiger partial charge in [-0.1, -0.05) is 32.1 Å². The van der Waals surface area contributed by atoms with Crippen LogP contribution < -0.4 is 5.73 Å². The van der Waals surface area contributed by atoms with Crippen LogP contribution in [0.4, 0.5) is 0 Å². The number of carbonyl (C=O) groups is 1. The largest absolute Gasteiger partial charge is 0.340 e. The summed E-state index contributed by atoms with van der Waals surface area (Å²) in [7, 11) is 0. The Morgan fingerprint density at radius 3 is 2.38 bits per heavy atom. The monoisotopic (exact) mass is 295 g/mol. The molecule has 2 aliphatic rings. The van der Waals surface area contributed by atoms with Crippen LogP contribution in [0.3, 0.4) is 0 Å². The van der Waals surface area contributed by atoms with E-state index in [1.165, 1.54) is 38.5 Å². The van der Waals surface area contributed by atoms with Crippen molar-refractivity contribution in [2.75, 3.05) is 39.3 Å². The van der Waals surface area contributed by atoms with Gasteiger partial charge in [0.05, 0.1) is 0 Å². The first-order valence-electron chi connectivity index (χ1n) is 9.00.